The van der Waals surface area contributed by atoms with Gasteiger partial charge < -0.3 is 0 Å². The summed E-state index contributed by atoms with van der Waals surface area (Å²) in [5.41, 5.74) is 3.00. The summed E-state index contributed by atoms with van der Waals surface area (Å²) in [4.78, 5) is 0. The number of hydrogen-bond donors (Lipinski definition) is 0. The third kappa shape index (κ3) is 2.30. The van der Waals surface area contributed by atoms with Gasteiger partial charge in [0.15, 0.2) is 0 Å². The lowest BCUT2D eigenvalue weighted by Crippen LogP contribution is -2.28. The van der Waals surface area contributed by atoms with Gasteiger partial charge in [-0.1, -0.05) is 74.4 Å². The molecular weight excluding hydrogens is 208 g/mol. The summed E-state index contributed by atoms with van der Waals surface area (Å²) in [5.74, 6) is 0. The average Bonchev–Trinajstić information content (AvgIpc) is 2.71. The van der Waals surface area contributed by atoms with Crippen molar-refractivity contribution in [3.05, 3.63) is 40.6 Å². The van der Waals surface area contributed by atoms with Gasteiger partial charge in [0.1, 0.15) is 0 Å². The SMILES string of the molecule is CCCC[Si](C)(C)C1=Cc2ccccc2C1. The Kier molecular flexibility index (Phi) is 3.34. The number of benzene rings is 1. The minimum Gasteiger partial charge on any atom is -0.0759 e. The van der Waals surface area contributed by atoms with Gasteiger partial charge >= 0.3 is 0 Å². The van der Waals surface area contributed by atoms with Crippen molar-refractivity contribution in [2.45, 2.75) is 45.3 Å². The molecule has 0 aliphatic heterocycles. The highest BCUT2D eigenvalue weighted by Crippen LogP contribution is 2.33. The Hall–Kier alpha value is -0.823. The molecule has 2 rings (SSSR count). The van der Waals surface area contributed by atoms with Crippen molar-refractivity contribution in [3.63, 3.8) is 0 Å². The van der Waals surface area contributed by atoms with E-state index in [4.69, 9.17) is 0 Å². The Balaban J connectivity index is 2.15. The summed E-state index contributed by atoms with van der Waals surface area (Å²) in [6, 6.07) is 10.3. The second-order valence-corrected chi connectivity index (χ2v) is 10.4. The van der Waals surface area contributed by atoms with Gasteiger partial charge in [0, 0.05) is 0 Å². The molecule has 0 nitrogen and oxygen atoms in total. The predicted octanol–water partition coefficient (Wildman–Crippen LogP) is 4.67. The van der Waals surface area contributed by atoms with Crippen LogP contribution in [0, 0.1) is 0 Å². The number of allylic oxidation sites excluding steroid dienone is 1. The van der Waals surface area contributed by atoms with E-state index in [0.717, 1.165) is 0 Å². The maximum Gasteiger partial charge on any atom is 0.0759 e. The lowest BCUT2D eigenvalue weighted by Gasteiger charge is -2.24. The number of unbranched alkanes of at least 4 members (excludes halogenated alkanes) is 1. The van der Waals surface area contributed by atoms with E-state index in [9.17, 15) is 0 Å². The number of rotatable bonds is 4. The van der Waals surface area contributed by atoms with Gasteiger partial charge in [0.05, 0.1) is 8.07 Å². The molecule has 0 fully saturated rings. The highest BCUT2D eigenvalue weighted by atomic mass is 28.3. The fraction of sp³-hybridized carbons (Fsp3) is 0.467. The van der Waals surface area contributed by atoms with Crippen molar-refractivity contribution in [2.75, 3.05) is 0 Å². The van der Waals surface area contributed by atoms with Crippen molar-refractivity contribution in [1.82, 2.24) is 0 Å². The summed E-state index contributed by atoms with van der Waals surface area (Å²) < 4.78 is 0. The molecule has 0 radical (unpaired) electrons. The molecule has 1 aliphatic rings. The zero-order chi connectivity index (χ0) is 11.6. The van der Waals surface area contributed by atoms with Crippen LogP contribution in [-0.4, -0.2) is 8.07 Å². The smallest absolute Gasteiger partial charge is 0.0759 e. The topological polar surface area (TPSA) is 0 Å². The van der Waals surface area contributed by atoms with E-state index in [2.05, 4.69) is 50.4 Å². The molecule has 86 valence electrons. The molecule has 1 aromatic carbocycles. The molecule has 0 atom stereocenters. The van der Waals surface area contributed by atoms with Gasteiger partial charge in [-0.25, -0.2) is 0 Å². The van der Waals surface area contributed by atoms with E-state index in [1.54, 1.807) is 5.20 Å². The minimum atomic E-state index is -1.13. The maximum atomic E-state index is 2.53. The van der Waals surface area contributed by atoms with Crippen LogP contribution >= 0.6 is 0 Å². The van der Waals surface area contributed by atoms with Crippen molar-refractivity contribution < 1.29 is 0 Å². The molecule has 1 heteroatoms. The zero-order valence-electron chi connectivity index (χ0n) is 10.7. The summed E-state index contributed by atoms with van der Waals surface area (Å²) in [7, 11) is -1.13. The van der Waals surface area contributed by atoms with Gasteiger partial charge in [0.2, 0.25) is 0 Å². The highest BCUT2D eigenvalue weighted by Gasteiger charge is 2.28. The Bertz CT molecular complexity index is 402. The van der Waals surface area contributed by atoms with Crippen molar-refractivity contribution in [1.29, 1.82) is 0 Å². The lowest BCUT2D eigenvalue weighted by molar-refractivity contribution is 0.867. The second kappa shape index (κ2) is 4.58. The van der Waals surface area contributed by atoms with E-state index in [-0.39, 0.29) is 0 Å². The van der Waals surface area contributed by atoms with Crippen molar-refractivity contribution in [3.8, 4) is 0 Å². The largest absolute Gasteiger partial charge is 0.0759 e. The van der Waals surface area contributed by atoms with Crippen LogP contribution in [-0.2, 0) is 6.42 Å². The van der Waals surface area contributed by atoms with Crippen LogP contribution in [0.25, 0.3) is 6.08 Å². The molecule has 0 bridgehead atoms. The summed E-state index contributed by atoms with van der Waals surface area (Å²) in [5, 5.41) is 1.75. The fourth-order valence-electron chi connectivity index (χ4n) is 2.49. The maximum absolute atomic E-state index is 2.53. The van der Waals surface area contributed by atoms with Crippen molar-refractivity contribution in [2.24, 2.45) is 0 Å². The van der Waals surface area contributed by atoms with E-state index >= 15 is 0 Å². The van der Waals surface area contributed by atoms with E-state index in [0.29, 0.717) is 0 Å². The normalized spacial score (nSPS) is 14.8. The minimum absolute atomic E-state index is 1.13. The van der Waals surface area contributed by atoms with Gasteiger partial charge in [-0.2, -0.15) is 0 Å². The van der Waals surface area contributed by atoms with Crippen LogP contribution in [0.15, 0.2) is 29.5 Å². The molecule has 0 spiro atoms. The molecule has 16 heavy (non-hydrogen) atoms. The Morgan fingerprint density at radius 3 is 2.62 bits per heavy atom. The molecule has 0 unspecified atom stereocenters. The van der Waals surface area contributed by atoms with Gasteiger partial charge in [-0.3, -0.25) is 0 Å². The van der Waals surface area contributed by atoms with E-state index in [1.807, 2.05) is 0 Å². The first-order chi connectivity index (χ1) is 7.63. The summed E-state index contributed by atoms with van der Waals surface area (Å²) >= 11 is 0. The van der Waals surface area contributed by atoms with Gasteiger partial charge in [0.25, 0.3) is 0 Å². The standard InChI is InChI=1S/C15H22Si/c1-4-5-10-16(2,3)15-11-13-8-6-7-9-14(13)12-15/h6-9,11H,4-5,10,12H2,1-3H3. The van der Waals surface area contributed by atoms with Crippen molar-refractivity contribution >= 4 is 14.1 Å². The predicted molar refractivity (Wildman–Crippen MR) is 75.3 cm³/mol. The lowest BCUT2D eigenvalue weighted by atomic mass is 10.1. The van der Waals surface area contributed by atoms with Crippen LogP contribution < -0.4 is 0 Å². The molecule has 1 aromatic rings. The molecule has 0 aromatic heterocycles. The molecule has 1 aliphatic carbocycles. The Morgan fingerprint density at radius 2 is 1.94 bits per heavy atom. The summed E-state index contributed by atoms with van der Waals surface area (Å²) in [6.07, 6.45) is 6.42. The van der Waals surface area contributed by atoms with Crippen LogP contribution in [0.1, 0.15) is 30.9 Å². The Morgan fingerprint density at radius 1 is 1.19 bits per heavy atom. The molecular formula is C15H22Si. The van der Waals surface area contributed by atoms with Crippen LogP contribution in [0.2, 0.25) is 19.1 Å². The highest BCUT2D eigenvalue weighted by molar-refractivity contribution is 6.85. The number of hydrogen-bond acceptors (Lipinski definition) is 0. The quantitative estimate of drug-likeness (QED) is 0.659. The van der Waals surface area contributed by atoms with Gasteiger partial charge in [-0.05, 0) is 17.5 Å². The van der Waals surface area contributed by atoms with Crippen LogP contribution in [0.5, 0.6) is 0 Å². The second-order valence-electron chi connectivity index (χ2n) is 5.53. The van der Waals surface area contributed by atoms with Gasteiger partial charge in [-0.15, -0.1) is 0 Å². The average molecular weight is 230 g/mol. The van der Waals surface area contributed by atoms with Crippen LogP contribution in [0.3, 0.4) is 0 Å². The fourth-order valence-corrected chi connectivity index (χ4v) is 5.27. The summed E-state index contributed by atoms with van der Waals surface area (Å²) in [6.45, 7) is 7.35. The molecule has 0 saturated carbocycles. The third-order valence-corrected chi connectivity index (χ3v) is 7.45. The first kappa shape index (κ1) is 11.7. The monoisotopic (exact) mass is 230 g/mol. The van der Waals surface area contributed by atoms with E-state index < -0.39 is 8.07 Å². The first-order valence-corrected chi connectivity index (χ1v) is 9.63. The molecule has 0 heterocycles. The molecule has 0 amide bonds. The third-order valence-electron chi connectivity index (χ3n) is 3.79. The van der Waals surface area contributed by atoms with Crippen LogP contribution in [0.4, 0.5) is 0 Å². The van der Waals surface area contributed by atoms with E-state index in [1.165, 1.54) is 36.4 Å². The Labute approximate surface area is 100 Å². The molecule has 0 N–H and O–H groups in total. The molecule has 0 saturated heterocycles. The first-order valence-electron chi connectivity index (χ1n) is 6.42. The number of fused-ring (bicyclic) bond motifs is 1. The zero-order valence-corrected chi connectivity index (χ0v) is 11.7.